The quantitative estimate of drug-likeness (QED) is 0.212. The zero-order chi connectivity index (χ0) is 29.1. The maximum Gasteiger partial charge on any atom is 0.279 e. The van der Waals surface area contributed by atoms with Gasteiger partial charge < -0.3 is 18.9 Å². The molecule has 0 radical (unpaired) electrons. The lowest BCUT2D eigenvalue weighted by atomic mass is 9.82. The Bertz CT molecular complexity index is 1720. The first-order valence-electron chi connectivity index (χ1n) is 13.7. The first-order chi connectivity index (χ1) is 19.6. The van der Waals surface area contributed by atoms with E-state index >= 15 is 4.11 Å². The monoisotopic (exact) mass is 635 g/mol. The van der Waals surface area contributed by atoms with Crippen LogP contribution in [0.15, 0.2) is 82.2 Å². The first-order valence-corrected chi connectivity index (χ1v) is 17.5. The molecule has 4 aromatic rings. The summed E-state index contributed by atoms with van der Waals surface area (Å²) in [4.78, 5) is 29.3. The van der Waals surface area contributed by atoms with Crippen molar-refractivity contribution < 1.29 is 18.7 Å². The second kappa shape index (κ2) is 10.3. The number of halogens is 2. The van der Waals surface area contributed by atoms with E-state index in [4.69, 9.17) is 4.74 Å². The highest BCUT2D eigenvalue weighted by molar-refractivity contribution is 9.10. The van der Waals surface area contributed by atoms with Crippen LogP contribution >= 0.6 is 15.9 Å². The number of benzene rings is 3. The summed E-state index contributed by atoms with van der Waals surface area (Å²) in [6, 6.07) is 20.4. The summed E-state index contributed by atoms with van der Waals surface area (Å²) in [6.45, 7) is 5.28. The van der Waals surface area contributed by atoms with Gasteiger partial charge in [-0.1, -0.05) is 53.2 Å². The van der Waals surface area contributed by atoms with Gasteiger partial charge >= 0.3 is 0 Å². The molecule has 7 nitrogen and oxygen atoms in total. The average Bonchev–Trinajstić information content (AvgIpc) is 3.36. The molecule has 1 N–H and O–H groups in total. The molecule has 1 spiro atoms. The van der Waals surface area contributed by atoms with Crippen LogP contribution in [0, 0.1) is 5.92 Å². The van der Waals surface area contributed by atoms with E-state index in [1.54, 1.807) is 30.3 Å². The van der Waals surface area contributed by atoms with Crippen molar-refractivity contribution >= 4 is 46.7 Å². The fourth-order valence-electron chi connectivity index (χ4n) is 6.82. The van der Waals surface area contributed by atoms with Crippen LogP contribution in [0.2, 0.25) is 18.6 Å². The van der Waals surface area contributed by atoms with Crippen LogP contribution in [-0.2, 0) is 21.7 Å². The predicted molar refractivity (Wildman–Crippen MR) is 162 cm³/mol. The van der Waals surface area contributed by atoms with E-state index in [1.165, 1.54) is 4.68 Å². The van der Waals surface area contributed by atoms with Gasteiger partial charge in [-0.15, -0.1) is 0 Å². The molecule has 1 amide bonds. The number of rotatable bonds is 6. The molecular weight excluding hydrogens is 605 g/mol. The second-order valence-corrected chi connectivity index (χ2v) is 16.2. The zero-order valence-electron chi connectivity index (χ0n) is 23.1. The lowest BCUT2D eigenvalue weighted by Gasteiger charge is -2.31. The highest BCUT2D eigenvalue weighted by atomic mass is 79.9. The Hall–Kier alpha value is -3.18. The molecule has 2 aliphatic rings. The average molecular weight is 637 g/mol. The lowest BCUT2D eigenvalue weighted by molar-refractivity contribution is -0.146. The number of aliphatic hydroxyl groups excluding tert-OH is 1. The van der Waals surface area contributed by atoms with Gasteiger partial charge in [0.25, 0.3) is 11.5 Å². The SMILES string of the molecule is C[C@H]1[C@H]([Si](C)(C)F)[C@@H](CCO)O[C@]12C(=O)N(Cc1cccc(-n3ncc4ccccc4c3=O)c1)c1ccc(Br)cc12. The van der Waals surface area contributed by atoms with Crippen molar-refractivity contribution in [2.24, 2.45) is 5.92 Å². The number of anilines is 1. The van der Waals surface area contributed by atoms with Gasteiger partial charge in [-0.25, -0.2) is 0 Å². The maximum absolute atomic E-state index is 15.7. The molecule has 6 rings (SSSR count). The first kappa shape index (κ1) is 28.0. The molecule has 4 atom stereocenters. The predicted octanol–water partition coefficient (Wildman–Crippen LogP) is 5.85. The summed E-state index contributed by atoms with van der Waals surface area (Å²) in [6.07, 6.45) is 1.37. The second-order valence-electron chi connectivity index (χ2n) is 11.5. The van der Waals surface area contributed by atoms with Crippen molar-refractivity contribution in [3.63, 3.8) is 0 Å². The largest absolute Gasteiger partial charge is 0.396 e. The van der Waals surface area contributed by atoms with Crippen molar-refractivity contribution in [3.8, 4) is 5.69 Å². The Kier molecular flexibility index (Phi) is 7.00. The Morgan fingerprint density at radius 2 is 1.88 bits per heavy atom. The van der Waals surface area contributed by atoms with Gasteiger partial charge in [0.2, 0.25) is 8.41 Å². The summed E-state index contributed by atoms with van der Waals surface area (Å²) in [5.41, 5.74) is 0.773. The van der Waals surface area contributed by atoms with Crippen molar-refractivity contribution in [3.05, 3.63) is 98.9 Å². The van der Waals surface area contributed by atoms with Gasteiger partial charge in [0, 0.05) is 33.5 Å². The Morgan fingerprint density at radius 1 is 1.10 bits per heavy atom. The van der Waals surface area contributed by atoms with E-state index < -0.39 is 31.6 Å². The summed E-state index contributed by atoms with van der Waals surface area (Å²) >= 11 is 3.55. The number of amides is 1. The van der Waals surface area contributed by atoms with Gasteiger partial charge in [0.05, 0.1) is 35.6 Å². The number of fused-ring (bicyclic) bond motifs is 3. The number of carbonyl (C=O) groups excluding carboxylic acids is 1. The molecule has 0 aliphatic carbocycles. The molecule has 1 saturated heterocycles. The van der Waals surface area contributed by atoms with Crippen LogP contribution in [0.5, 0.6) is 0 Å². The highest BCUT2D eigenvalue weighted by Gasteiger charge is 2.66. The minimum Gasteiger partial charge on any atom is -0.396 e. The summed E-state index contributed by atoms with van der Waals surface area (Å²) < 4.78 is 24.5. The number of hydrogen-bond acceptors (Lipinski definition) is 5. The Balaban J connectivity index is 1.40. The van der Waals surface area contributed by atoms with Gasteiger partial charge in [-0.3, -0.25) is 9.59 Å². The van der Waals surface area contributed by atoms with E-state index in [2.05, 4.69) is 21.0 Å². The third-order valence-electron chi connectivity index (χ3n) is 8.53. The molecule has 1 aromatic heterocycles. The van der Waals surface area contributed by atoms with Gasteiger partial charge in [0.1, 0.15) is 0 Å². The molecule has 0 bridgehead atoms. The van der Waals surface area contributed by atoms with Crippen molar-refractivity contribution in [2.45, 2.75) is 50.2 Å². The number of nitrogens with zero attached hydrogens (tertiary/aromatic N) is 3. The molecule has 3 aromatic carbocycles. The molecule has 3 heterocycles. The topological polar surface area (TPSA) is 84.7 Å². The Labute approximate surface area is 246 Å². The van der Waals surface area contributed by atoms with E-state index in [0.717, 1.165) is 15.4 Å². The summed E-state index contributed by atoms with van der Waals surface area (Å²) in [5, 5.41) is 15.5. The van der Waals surface area contributed by atoms with Gasteiger partial charge in [0.15, 0.2) is 5.60 Å². The number of ether oxygens (including phenoxy) is 1. The number of hydrogen-bond donors (Lipinski definition) is 1. The van der Waals surface area contributed by atoms with Crippen LogP contribution in [0.4, 0.5) is 9.80 Å². The number of aliphatic hydroxyl groups is 1. The molecular formula is C31H31BrFN3O4Si. The van der Waals surface area contributed by atoms with Crippen LogP contribution in [0.3, 0.4) is 0 Å². The van der Waals surface area contributed by atoms with Crippen molar-refractivity contribution in [1.82, 2.24) is 9.78 Å². The third kappa shape index (κ3) is 4.48. The fraction of sp³-hybridized carbons (Fsp3) is 0.323. The minimum absolute atomic E-state index is 0.146. The van der Waals surface area contributed by atoms with Crippen LogP contribution in [0.25, 0.3) is 16.5 Å². The van der Waals surface area contributed by atoms with E-state index in [9.17, 15) is 14.7 Å². The molecule has 0 unspecified atom stereocenters. The summed E-state index contributed by atoms with van der Waals surface area (Å²) in [5.74, 6) is -0.670. The van der Waals surface area contributed by atoms with Crippen LogP contribution in [-0.4, -0.2) is 41.9 Å². The van der Waals surface area contributed by atoms with E-state index in [-0.39, 0.29) is 31.0 Å². The molecule has 0 saturated carbocycles. The Morgan fingerprint density at radius 3 is 2.63 bits per heavy atom. The molecule has 1 fully saturated rings. The van der Waals surface area contributed by atoms with Crippen molar-refractivity contribution in [1.29, 1.82) is 0 Å². The van der Waals surface area contributed by atoms with Gasteiger partial charge in [-0.05, 0) is 61.5 Å². The van der Waals surface area contributed by atoms with Gasteiger partial charge in [-0.2, -0.15) is 9.78 Å². The van der Waals surface area contributed by atoms with Crippen LogP contribution in [0.1, 0.15) is 24.5 Å². The highest BCUT2D eigenvalue weighted by Crippen LogP contribution is 2.60. The molecule has 10 heteroatoms. The maximum atomic E-state index is 15.7. The number of aromatic nitrogens is 2. The zero-order valence-corrected chi connectivity index (χ0v) is 25.6. The van der Waals surface area contributed by atoms with E-state index in [0.29, 0.717) is 22.3 Å². The van der Waals surface area contributed by atoms with Crippen LogP contribution < -0.4 is 10.5 Å². The van der Waals surface area contributed by atoms with E-state index in [1.807, 2.05) is 67.6 Å². The fourth-order valence-corrected chi connectivity index (χ4v) is 9.72. The molecule has 212 valence electrons. The minimum atomic E-state index is -3.27. The normalized spacial score (nSPS) is 24.0. The standard InChI is InChI=1S/C31H31BrFN3O4Si/c1-19-28(41(2,3)33)27(13-14-37)40-31(19)25-16-22(32)11-12-26(25)35(30(31)39)18-20-7-6-9-23(15-20)36-29(38)24-10-5-4-8-21(24)17-34-36/h4-12,15-17,19,27-28,37H,13-14,18H2,1-3H3/t19-,27+,28-,31+/m0/s1. The van der Waals surface area contributed by atoms with Crippen molar-refractivity contribution in [2.75, 3.05) is 11.5 Å². The number of carbonyl (C=O) groups is 1. The molecule has 41 heavy (non-hydrogen) atoms. The summed E-state index contributed by atoms with van der Waals surface area (Å²) in [7, 11) is -3.27. The third-order valence-corrected chi connectivity index (χ3v) is 11.5. The molecule has 2 aliphatic heterocycles. The smallest absolute Gasteiger partial charge is 0.279 e. The lowest BCUT2D eigenvalue weighted by Crippen LogP contribution is -2.45.